The zero-order valence-corrected chi connectivity index (χ0v) is 8.84. The molecule has 1 aromatic heterocycles. The lowest BCUT2D eigenvalue weighted by atomic mass is 10.2. The van der Waals surface area contributed by atoms with Gasteiger partial charge in [0, 0.05) is 7.11 Å². The van der Waals surface area contributed by atoms with Crippen LogP contribution in [-0.4, -0.2) is 41.2 Å². The van der Waals surface area contributed by atoms with Crippen molar-refractivity contribution in [2.45, 2.75) is 19.1 Å². The number of carboxylic acid groups (broad SMARTS) is 1. The molecule has 1 aromatic rings. The molecule has 0 aliphatic heterocycles. The van der Waals surface area contributed by atoms with Gasteiger partial charge in [-0.3, -0.25) is 4.79 Å². The molecule has 16 heavy (non-hydrogen) atoms. The van der Waals surface area contributed by atoms with E-state index in [1.165, 1.54) is 13.3 Å². The van der Waals surface area contributed by atoms with Crippen molar-refractivity contribution >= 4 is 11.9 Å². The second-order valence-electron chi connectivity index (χ2n) is 3.10. The van der Waals surface area contributed by atoms with Crippen LogP contribution >= 0.6 is 0 Å². The number of methoxy groups -OCH3 is 1. The molecule has 2 atom stereocenters. The van der Waals surface area contributed by atoms with E-state index in [-0.39, 0.29) is 5.76 Å². The van der Waals surface area contributed by atoms with E-state index < -0.39 is 24.0 Å². The largest absolute Gasteiger partial charge is 0.480 e. The van der Waals surface area contributed by atoms with E-state index in [1.54, 1.807) is 6.92 Å². The van der Waals surface area contributed by atoms with Crippen molar-refractivity contribution in [1.29, 1.82) is 0 Å². The van der Waals surface area contributed by atoms with Gasteiger partial charge < -0.3 is 19.6 Å². The van der Waals surface area contributed by atoms with Crippen molar-refractivity contribution in [3.05, 3.63) is 18.4 Å². The van der Waals surface area contributed by atoms with Gasteiger partial charge in [-0.15, -0.1) is 0 Å². The van der Waals surface area contributed by atoms with Crippen LogP contribution in [0.5, 0.6) is 0 Å². The molecular weight excluding hydrogens is 216 g/mol. The number of nitrogens with one attached hydrogen (secondary N) is 1. The molecule has 7 heteroatoms. The maximum Gasteiger partial charge on any atom is 0.328 e. The average Bonchev–Trinajstić information content (AvgIpc) is 2.77. The molecule has 88 valence electrons. The molecule has 0 aliphatic carbocycles. The number of amides is 1. The molecule has 0 saturated heterocycles. The van der Waals surface area contributed by atoms with E-state index in [9.17, 15) is 9.59 Å². The predicted octanol–water partition coefficient (Wildman–Crippen LogP) is -0.108. The zero-order chi connectivity index (χ0) is 12.1. The summed E-state index contributed by atoms with van der Waals surface area (Å²) >= 11 is 0. The summed E-state index contributed by atoms with van der Waals surface area (Å²) in [7, 11) is 1.36. The Labute approximate surface area is 91.4 Å². The van der Waals surface area contributed by atoms with E-state index in [1.807, 2.05) is 0 Å². The fourth-order valence-electron chi connectivity index (χ4n) is 1.06. The number of nitrogens with zero attached hydrogens (tertiary/aromatic N) is 1. The molecule has 0 bridgehead atoms. The summed E-state index contributed by atoms with van der Waals surface area (Å²) in [5.74, 6) is -1.87. The van der Waals surface area contributed by atoms with E-state index in [0.29, 0.717) is 0 Å². The van der Waals surface area contributed by atoms with Crippen molar-refractivity contribution in [3.63, 3.8) is 0 Å². The predicted molar refractivity (Wildman–Crippen MR) is 51.9 cm³/mol. The van der Waals surface area contributed by atoms with Crippen LogP contribution < -0.4 is 5.32 Å². The molecule has 7 nitrogen and oxygen atoms in total. The van der Waals surface area contributed by atoms with Gasteiger partial charge in [0.05, 0.1) is 12.3 Å². The monoisotopic (exact) mass is 228 g/mol. The first-order chi connectivity index (χ1) is 7.56. The van der Waals surface area contributed by atoms with Crippen LogP contribution in [-0.2, 0) is 9.53 Å². The summed E-state index contributed by atoms with van der Waals surface area (Å²) in [4.78, 5) is 25.9. The Bertz CT molecular complexity index is 362. The number of carboxylic acids is 1. The summed E-state index contributed by atoms with van der Waals surface area (Å²) in [6.45, 7) is 1.54. The van der Waals surface area contributed by atoms with Gasteiger partial charge in [0.1, 0.15) is 0 Å². The highest BCUT2D eigenvalue weighted by Gasteiger charge is 2.27. The number of oxazole rings is 1. The fraction of sp³-hybridized carbons (Fsp3) is 0.444. The van der Waals surface area contributed by atoms with Crippen LogP contribution in [0.15, 0.2) is 17.0 Å². The van der Waals surface area contributed by atoms with Crippen molar-refractivity contribution in [2.24, 2.45) is 0 Å². The van der Waals surface area contributed by atoms with E-state index in [4.69, 9.17) is 14.3 Å². The highest BCUT2D eigenvalue weighted by molar-refractivity contribution is 5.94. The lowest BCUT2D eigenvalue weighted by Gasteiger charge is -2.19. The summed E-state index contributed by atoms with van der Waals surface area (Å²) in [6.07, 6.45) is 1.64. The van der Waals surface area contributed by atoms with Crippen LogP contribution in [0.2, 0.25) is 0 Å². The minimum absolute atomic E-state index is 0.0467. The number of carbonyl (C=O) groups is 2. The quantitative estimate of drug-likeness (QED) is 0.729. The van der Waals surface area contributed by atoms with Gasteiger partial charge in [-0.1, -0.05) is 0 Å². The average molecular weight is 228 g/mol. The number of carbonyl (C=O) groups excluding carboxylic acids is 1. The molecule has 0 spiro atoms. The van der Waals surface area contributed by atoms with Gasteiger partial charge in [0.15, 0.2) is 12.4 Å². The normalized spacial score (nSPS) is 14.1. The number of ether oxygens (including phenoxy) is 1. The van der Waals surface area contributed by atoms with Gasteiger partial charge in [0.2, 0.25) is 5.76 Å². The first kappa shape index (κ1) is 12.2. The van der Waals surface area contributed by atoms with Gasteiger partial charge in [0.25, 0.3) is 5.91 Å². The summed E-state index contributed by atoms with van der Waals surface area (Å²) in [5.41, 5.74) is 0. The Hall–Kier alpha value is -1.89. The molecule has 1 heterocycles. The van der Waals surface area contributed by atoms with Crippen LogP contribution in [0.25, 0.3) is 0 Å². The highest BCUT2D eigenvalue weighted by Crippen LogP contribution is 2.02. The van der Waals surface area contributed by atoms with Crippen molar-refractivity contribution in [2.75, 3.05) is 7.11 Å². The van der Waals surface area contributed by atoms with Crippen molar-refractivity contribution < 1.29 is 23.8 Å². The molecule has 2 N–H and O–H groups in total. The topological polar surface area (TPSA) is 102 Å². The van der Waals surface area contributed by atoms with Crippen LogP contribution in [0.1, 0.15) is 17.5 Å². The van der Waals surface area contributed by atoms with E-state index in [0.717, 1.165) is 6.39 Å². The molecule has 0 unspecified atom stereocenters. The molecule has 0 aliphatic rings. The lowest BCUT2D eigenvalue weighted by Crippen LogP contribution is -2.48. The maximum atomic E-state index is 11.5. The van der Waals surface area contributed by atoms with E-state index >= 15 is 0 Å². The lowest BCUT2D eigenvalue weighted by molar-refractivity contribution is -0.142. The summed E-state index contributed by atoms with van der Waals surface area (Å²) in [6, 6.07) is -1.14. The second-order valence-corrected chi connectivity index (χ2v) is 3.10. The minimum Gasteiger partial charge on any atom is -0.480 e. The molecule has 1 rings (SSSR count). The van der Waals surface area contributed by atoms with Crippen LogP contribution in [0.3, 0.4) is 0 Å². The number of aromatic nitrogens is 1. The maximum absolute atomic E-state index is 11.5. The number of hydrogen-bond donors (Lipinski definition) is 2. The molecule has 1 amide bonds. The SMILES string of the molecule is CO[C@H](C)[C@H](NC(=O)c1cnco1)C(=O)O. The minimum atomic E-state index is -1.18. The number of hydrogen-bond acceptors (Lipinski definition) is 5. The molecule has 0 radical (unpaired) electrons. The van der Waals surface area contributed by atoms with Gasteiger partial charge >= 0.3 is 5.97 Å². The Morgan fingerprint density at radius 2 is 2.31 bits per heavy atom. The second kappa shape index (κ2) is 5.26. The Morgan fingerprint density at radius 3 is 2.75 bits per heavy atom. The third-order valence-corrected chi connectivity index (χ3v) is 2.05. The third kappa shape index (κ3) is 2.80. The molecule has 0 fully saturated rings. The van der Waals surface area contributed by atoms with E-state index in [2.05, 4.69) is 10.3 Å². The Kier molecular flexibility index (Phi) is 4.01. The van der Waals surface area contributed by atoms with Crippen molar-refractivity contribution in [1.82, 2.24) is 10.3 Å². The first-order valence-corrected chi connectivity index (χ1v) is 4.51. The van der Waals surface area contributed by atoms with Crippen molar-refractivity contribution in [3.8, 4) is 0 Å². The van der Waals surface area contributed by atoms with Gasteiger partial charge in [-0.2, -0.15) is 0 Å². The summed E-state index contributed by atoms with van der Waals surface area (Å²) in [5, 5.41) is 11.2. The smallest absolute Gasteiger partial charge is 0.328 e. The zero-order valence-electron chi connectivity index (χ0n) is 8.84. The number of rotatable bonds is 5. The summed E-state index contributed by atoms with van der Waals surface area (Å²) < 4.78 is 9.58. The first-order valence-electron chi connectivity index (χ1n) is 4.51. The van der Waals surface area contributed by atoms with Gasteiger partial charge in [-0.05, 0) is 6.92 Å². The Balaban J connectivity index is 2.69. The highest BCUT2D eigenvalue weighted by atomic mass is 16.5. The molecule has 0 saturated carbocycles. The number of aliphatic carboxylic acids is 1. The standard InChI is InChI=1S/C9H12N2O5/c1-5(15-2)7(9(13)14)11-8(12)6-3-10-4-16-6/h3-5,7H,1-2H3,(H,11,12)(H,13,14)/t5-,7+/m1/s1. The van der Waals surface area contributed by atoms with Crippen LogP contribution in [0.4, 0.5) is 0 Å². The van der Waals surface area contributed by atoms with Gasteiger partial charge in [-0.25, -0.2) is 9.78 Å². The molecular formula is C9H12N2O5. The molecule has 0 aromatic carbocycles. The third-order valence-electron chi connectivity index (χ3n) is 2.05. The Morgan fingerprint density at radius 1 is 1.62 bits per heavy atom. The van der Waals surface area contributed by atoms with Crippen LogP contribution in [0, 0.1) is 0 Å². The fourth-order valence-corrected chi connectivity index (χ4v) is 1.06.